The van der Waals surface area contributed by atoms with Crippen molar-refractivity contribution in [2.45, 2.75) is 56.1 Å². The van der Waals surface area contributed by atoms with Crippen LogP contribution in [0.5, 0.6) is 0 Å². The minimum absolute atomic E-state index is 0.00470. The Balaban J connectivity index is 1.79. The first-order chi connectivity index (χ1) is 15.1. The minimum atomic E-state index is -2.95. The topological polar surface area (TPSA) is 36.9 Å². The van der Waals surface area contributed by atoms with Crippen LogP contribution in [0, 0.1) is 5.92 Å². The standard InChI is InChI=1S/C25H32F2O4Si/c1-23(2,3)32(18-12-8-6-9-13-18,19-14-10-7-11-15-19)30-17-24-16-25(26,27)20(21(24)28-4)22(29-5)31-24/h6-15,20-22H,16-17H2,1-5H3/t20-,21+,22?,24-/m1/s1. The van der Waals surface area contributed by atoms with Gasteiger partial charge in [-0.15, -0.1) is 0 Å². The molecule has 1 heterocycles. The SMILES string of the molecule is COC1O[C@@]2(CO[Si](c3ccccc3)(c3ccccc3)C(C)(C)C)CC(F)(F)[C@@H]1[C@@H]2OC. The lowest BCUT2D eigenvalue weighted by atomic mass is 10.0. The van der Waals surface area contributed by atoms with Crippen molar-refractivity contribution in [3.05, 3.63) is 60.7 Å². The van der Waals surface area contributed by atoms with Gasteiger partial charge in [-0.05, 0) is 15.4 Å². The summed E-state index contributed by atoms with van der Waals surface area (Å²) in [5, 5.41) is 1.91. The predicted octanol–water partition coefficient (Wildman–Crippen LogP) is 3.97. The molecule has 0 N–H and O–H groups in total. The zero-order chi connectivity index (χ0) is 23.2. The number of halogens is 2. The first-order valence-corrected chi connectivity index (χ1v) is 12.9. The van der Waals surface area contributed by atoms with Crippen molar-refractivity contribution in [3.63, 3.8) is 0 Å². The van der Waals surface area contributed by atoms with Gasteiger partial charge in [0.1, 0.15) is 17.6 Å². The highest BCUT2D eigenvalue weighted by Gasteiger charge is 2.73. The molecular formula is C25H32F2O4Si. The Morgan fingerprint density at radius 3 is 1.91 bits per heavy atom. The summed E-state index contributed by atoms with van der Waals surface area (Å²) in [4.78, 5) is 0. The van der Waals surface area contributed by atoms with E-state index in [0.717, 1.165) is 10.4 Å². The zero-order valence-corrected chi connectivity index (χ0v) is 20.3. The van der Waals surface area contributed by atoms with E-state index in [9.17, 15) is 8.78 Å². The molecule has 2 aliphatic rings. The molecule has 2 fully saturated rings. The third kappa shape index (κ3) is 3.55. The van der Waals surface area contributed by atoms with Crippen LogP contribution in [0.2, 0.25) is 5.04 Å². The molecule has 4 rings (SSSR count). The van der Waals surface area contributed by atoms with Gasteiger partial charge in [-0.25, -0.2) is 8.78 Å². The highest BCUT2D eigenvalue weighted by molar-refractivity contribution is 6.99. The zero-order valence-electron chi connectivity index (χ0n) is 19.3. The molecule has 0 spiro atoms. The Bertz CT molecular complexity index is 879. The van der Waals surface area contributed by atoms with Crippen LogP contribution in [-0.2, 0) is 18.6 Å². The lowest BCUT2D eigenvalue weighted by Crippen LogP contribution is -2.68. The van der Waals surface area contributed by atoms with Crippen LogP contribution < -0.4 is 10.4 Å². The lowest BCUT2D eigenvalue weighted by Gasteiger charge is -2.45. The molecule has 32 heavy (non-hydrogen) atoms. The normalized spacial score (nSPS) is 29.4. The first-order valence-electron chi connectivity index (χ1n) is 11.0. The average molecular weight is 463 g/mol. The molecule has 2 aromatic carbocycles. The molecule has 4 nitrogen and oxygen atoms in total. The van der Waals surface area contributed by atoms with E-state index in [2.05, 4.69) is 45.0 Å². The number of ether oxygens (including phenoxy) is 3. The number of benzene rings is 2. The summed E-state index contributed by atoms with van der Waals surface area (Å²) >= 11 is 0. The summed E-state index contributed by atoms with van der Waals surface area (Å²) in [7, 11) is -0.0537. The monoisotopic (exact) mass is 462 g/mol. The smallest absolute Gasteiger partial charge is 0.261 e. The van der Waals surface area contributed by atoms with E-state index >= 15 is 0 Å². The van der Waals surface area contributed by atoms with E-state index in [-0.39, 0.29) is 11.6 Å². The number of alkyl halides is 2. The quantitative estimate of drug-likeness (QED) is 0.584. The van der Waals surface area contributed by atoms with Gasteiger partial charge in [0.15, 0.2) is 6.29 Å². The van der Waals surface area contributed by atoms with Gasteiger partial charge in [-0.3, -0.25) is 0 Å². The first kappa shape index (κ1) is 23.5. The van der Waals surface area contributed by atoms with Gasteiger partial charge in [0, 0.05) is 20.6 Å². The average Bonchev–Trinajstić information content (AvgIpc) is 3.19. The van der Waals surface area contributed by atoms with Crippen molar-refractivity contribution in [1.29, 1.82) is 0 Å². The Kier molecular flexibility index (Phi) is 6.09. The summed E-state index contributed by atoms with van der Waals surface area (Å²) in [6.45, 7) is 6.48. The van der Waals surface area contributed by atoms with Crippen LogP contribution in [0.3, 0.4) is 0 Å². The molecular weight excluding hydrogens is 430 g/mol. The van der Waals surface area contributed by atoms with Gasteiger partial charge in [0.2, 0.25) is 0 Å². The van der Waals surface area contributed by atoms with Crippen LogP contribution in [0.4, 0.5) is 8.78 Å². The van der Waals surface area contributed by atoms with E-state index < -0.39 is 44.6 Å². The molecule has 0 aromatic heterocycles. The second-order valence-corrected chi connectivity index (χ2v) is 14.2. The molecule has 4 atom stereocenters. The summed E-state index contributed by atoms with van der Waals surface area (Å²) in [5.41, 5.74) is -1.27. The predicted molar refractivity (Wildman–Crippen MR) is 122 cm³/mol. The molecule has 1 saturated carbocycles. The fourth-order valence-electron chi connectivity index (χ4n) is 5.64. The number of hydrogen-bond donors (Lipinski definition) is 0. The molecule has 7 heteroatoms. The van der Waals surface area contributed by atoms with Crippen molar-refractivity contribution in [1.82, 2.24) is 0 Å². The molecule has 0 radical (unpaired) electrons. The Hall–Kier alpha value is -1.64. The van der Waals surface area contributed by atoms with Gasteiger partial charge in [0.25, 0.3) is 14.2 Å². The van der Waals surface area contributed by atoms with E-state index in [1.54, 1.807) is 0 Å². The summed E-state index contributed by atoms with van der Waals surface area (Å²) in [6, 6.07) is 20.3. The third-order valence-electron chi connectivity index (χ3n) is 6.95. The maximum Gasteiger partial charge on any atom is 0.261 e. The van der Waals surface area contributed by atoms with Crippen molar-refractivity contribution >= 4 is 18.7 Å². The maximum atomic E-state index is 15.0. The van der Waals surface area contributed by atoms with Crippen LogP contribution in [-0.4, -0.2) is 53.1 Å². The van der Waals surface area contributed by atoms with E-state index in [1.807, 2.05) is 36.4 Å². The van der Waals surface area contributed by atoms with Gasteiger partial charge in [-0.2, -0.15) is 0 Å². The van der Waals surface area contributed by atoms with Gasteiger partial charge < -0.3 is 18.6 Å². The van der Waals surface area contributed by atoms with Crippen molar-refractivity contribution < 1.29 is 27.4 Å². The molecule has 0 amide bonds. The fraction of sp³-hybridized carbons (Fsp3) is 0.520. The summed E-state index contributed by atoms with van der Waals surface area (Å²) in [6.07, 6.45) is -2.27. The van der Waals surface area contributed by atoms with Crippen LogP contribution >= 0.6 is 0 Å². The minimum Gasteiger partial charge on any atom is -0.404 e. The largest absolute Gasteiger partial charge is 0.404 e. The van der Waals surface area contributed by atoms with Gasteiger partial charge in [0.05, 0.1) is 6.61 Å². The van der Waals surface area contributed by atoms with E-state index in [4.69, 9.17) is 18.6 Å². The van der Waals surface area contributed by atoms with Crippen molar-refractivity contribution in [2.75, 3.05) is 20.8 Å². The van der Waals surface area contributed by atoms with E-state index in [0.29, 0.717) is 0 Å². The van der Waals surface area contributed by atoms with E-state index in [1.165, 1.54) is 14.2 Å². The molecule has 1 aliphatic heterocycles. The molecule has 2 bridgehead atoms. The number of rotatable bonds is 7. The molecule has 2 aromatic rings. The molecule has 1 unspecified atom stereocenters. The van der Waals surface area contributed by atoms with Crippen LogP contribution in [0.1, 0.15) is 27.2 Å². The lowest BCUT2D eigenvalue weighted by molar-refractivity contribution is -0.251. The van der Waals surface area contributed by atoms with Gasteiger partial charge >= 0.3 is 0 Å². The summed E-state index contributed by atoms with van der Waals surface area (Å²) < 4.78 is 53.8. The Morgan fingerprint density at radius 2 is 1.47 bits per heavy atom. The number of fused-ring (bicyclic) bond motifs is 2. The van der Waals surface area contributed by atoms with Gasteiger partial charge in [-0.1, -0.05) is 81.4 Å². The van der Waals surface area contributed by atoms with Crippen molar-refractivity contribution in [3.8, 4) is 0 Å². The van der Waals surface area contributed by atoms with Crippen molar-refractivity contribution in [2.24, 2.45) is 5.92 Å². The highest BCUT2D eigenvalue weighted by atomic mass is 28.4. The summed E-state index contributed by atoms with van der Waals surface area (Å²) in [5.74, 6) is -4.10. The second kappa shape index (κ2) is 8.29. The molecule has 1 saturated heterocycles. The maximum absolute atomic E-state index is 15.0. The number of methoxy groups -OCH3 is 2. The van der Waals surface area contributed by atoms with Crippen LogP contribution in [0.15, 0.2) is 60.7 Å². The second-order valence-electron chi connectivity index (χ2n) is 9.86. The van der Waals surface area contributed by atoms with Crippen LogP contribution in [0.25, 0.3) is 0 Å². The highest BCUT2D eigenvalue weighted by Crippen LogP contribution is 2.58. The Morgan fingerprint density at radius 1 is 0.938 bits per heavy atom. The molecule has 174 valence electrons. The Labute approximate surface area is 190 Å². The fourth-order valence-corrected chi connectivity index (χ4v) is 10.3. The number of hydrogen-bond acceptors (Lipinski definition) is 4. The third-order valence-corrected chi connectivity index (χ3v) is 11.9. The molecule has 1 aliphatic carbocycles.